The molecule has 1 N–H and O–H groups in total. The first-order valence-corrected chi connectivity index (χ1v) is 6.12. The number of halogens is 1. The van der Waals surface area contributed by atoms with Crippen LogP contribution in [0.2, 0.25) is 0 Å². The summed E-state index contributed by atoms with van der Waals surface area (Å²) in [6.07, 6.45) is 2.94. The lowest BCUT2D eigenvalue weighted by molar-refractivity contribution is -0.124. The van der Waals surface area contributed by atoms with Crippen LogP contribution < -0.4 is 5.32 Å². The molecule has 0 rings (SSSR count). The quantitative estimate of drug-likeness (QED) is 0.759. The van der Waals surface area contributed by atoms with Gasteiger partial charge in [0.25, 0.3) is 0 Å². The van der Waals surface area contributed by atoms with Crippen LogP contribution in [0.15, 0.2) is 0 Å². The molecule has 14 heavy (non-hydrogen) atoms. The molecule has 0 atom stereocenters. The van der Waals surface area contributed by atoms with Crippen LogP contribution in [0.3, 0.4) is 0 Å². The lowest BCUT2D eigenvalue weighted by Crippen LogP contribution is -2.52. The Bertz CT molecular complexity index is 184. The molecule has 3 heteroatoms. The van der Waals surface area contributed by atoms with E-state index in [2.05, 4.69) is 42.0 Å². The van der Waals surface area contributed by atoms with Crippen molar-refractivity contribution in [2.45, 2.75) is 63.7 Å². The van der Waals surface area contributed by atoms with E-state index in [1.807, 2.05) is 13.8 Å². The van der Waals surface area contributed by atoms with Crippen LogP contribution >= 0.6 is 15.9 Å². The van der Waals surface area contributed by atoms with Gasteiger partial charge >= 0.3 is 0 Å². The smallest absolute Gasteiger partial charge is 0.236 e. The Hall–Kier alpha value is -0.0500. The van der Waals surface area contributed by atoms with Crippen LogP contribution in [0.4, 0.5) is 0 Å². The minimum atomic E-state index is -0.474. The van der Waals surface area contributed by atoms with Crippen LogP contribution in [0.25, 0.3) is 0 Å². The molecule has 0 aromatic rings. The summed E-state index contributed by atoms with van der Waals surface area (Å²) in [6.45, 7) is 10.1. The second kappa shape index (κ2) is 5.15. The Morgan fingerprint density at radius 2 is 1.50 bits per heavy atom. The molecule has 2 nitrogen and oxygen atoms in total. The second-order valence-electron chi connectivity index (χ2n) is 4.27. The van der Waals surface area contributed by atoms with E-state index in [1.54, 1.807) is 0 Å². The van der Waals surface area contributed by atoms with Gasteiger partial charge in [0.1, 0.15) is 0 Å². The summed E-state index contributed by atoms with van der Waals surface area (Å²) in [7, 11) is 0. The topological polar surface area (TPSA) is 29.1 Å². The maximum absolute atomic E-state index is 11.8. The molecule has 0 saturated heterocycles. The summed E-state index contributed by atoms with van der Waals surface area (Å²) in [4.78, 5) is 11.8. The average molecular weight is 264 g/mol. The zero-order valence-corrected chi connectivity index (χ0v) is 11.5. The molecule has 0 fully saturated rings. The van der Waals surface area contributed by atoms with Crippen LogP contribution in [0.5, 0.6) is 0 Å². The van der Waals surface area contributed by atoms with E-state index in [9.17, 15) is 4.79 Å². The molecular weight excluding hydrogens is 242 g/mol. The van der Waals surface area contributed by atoms with Gasteiger partial charge in [-0.15, -0.1) is 0 Å². The Morgan fingerprint density at radius 1 is 1.14 bits per heavy atom. The summed E-state index contributed by atoms with van der Waals surface area (Å²) >= 11 is 3.37. The van der Waals surface area contributed by atoms with Crippen LogP contribution in [-0.4, -0.2) is 15.8 Å². The fourth-order valence-corrected chi connectivity index (χ4v) is 1.50. The van der Waals surface area contributed by atoms with E-state index in [1.165, 1.54) is 0 Å². The van der Waals surface area contributed by atoms with Crippen LogP contribution in [0, 0.1) is 0 Å². The molecule has 0 heterocycles. The molecule has 0 aliphatic rings. The van der Waals surface area contributed by atoms with Gasteiger partial charge in [-0.3, -0.25) is 4.79 Å². The Kier molecular flexibility index (Phi) is 5.13. The summed E-state index contributed by atoms with van der Waals surface area (Å²) < 4.78 is -0.474. The standard InChI is InChI=1S/C11H22BrNO/c1-6-11(7-2,8-3)13-9(14)10(4,5)12/h6-8H2,1-5H3,(H,13,14). The van der Waals surface area contributed by atoms with Crippen LogP contribution in [0.1, 0.15) is 53.9 Å². The average Bonchev–Trinajstić information content (AvgIpc) is 2.12. The SMILES string of the molecule is CCC(CC)(CC)NC(=O)C(C)(C)Br. The Labute approximate surface area is 96.0 Å². The third-order valence-corrected chi connectivity index (χ3v) is 3.31. The molecule has 0 spiro atoms. The molecule has 0 unspecified atom stereocenters. The molecule has 0 aliphatic carbocycles. The zero-order chi connectivity index (χ0) is 11.4. The number of nitrogens with one attached hydrogen (secondary N) is 1. The third kappa shape index (κ3) is 3.60. The summed E-state index contributed by atoms with van der Waals surface area (Å²) in [6, 6.07) is 0. The predicted molar refractivity (Wildman–Crippen MR) is 64.8 cm³/mol. The van der Waals surface area contributed by atoms with Crippen molar-refractivity contribution in [3.63, 3.8) is 0 Å². The first kappa shape index (κ1) is 13.9. The van der Waals surface area contributed by atoms with Gasteiger partial charge in [0, 0.05) is 5.54 Å². The van der Waals surface area contributed by atoms with E-state index < -0.39 is 4.32 Å². The van der Waals surface area contributed by atoms with Crippen LogP contribution in [-0.2, 0) is 4.79 Å². The van der Waals surface area contributed by atoms with Crippen molar-refractivity contribution in [2.24, 2.45) is 0 Å². The fraction of sp³-hybridized carbons (Fsp3) is 0.909. The lowest BCUT2D eigenvalue weighted by atomic mass is 9.89. The second-order valence-corrected chi connectivity index (χ2v) is 6.25. The number of hydrogen-bond acceptors (Lipinski definition) is 1. The van der Waals surface area contributed by atoms with Gasteiger partial charge in [0.15, 0.2) is 0 Å². The molecule has 0 bridgehead atoms. The van der Waals surface area contributed by atoms with E-state index in [-0.39, 0.29) is 11.4 Å². The largest absolute Gasteiger partial charge is 0.350 e. The van der Waals surface area contributed by atoms with Gasteiger partial charge in [-0.2, -0.15) is 0 Å². The van der Waals surface area contributed by atoms with Crippen molar-refractivity contribution < 1.29 is 4.79 Å². The minimum Gasteiger partial charge on any atom is -0.350 e. The molecule has 1 amide bonds. The normalized spacial score (nSPS) is 12.7. The molecular formula is C11H22BrNO. The molecule has 0 aliphatic heterocycles. The number of rotatable bonds is 5. The summed E-state index contributed by atoms with van der Waals surface area (Å²) in [5, 5.41) is 3.13. The number of carbonyl (C=O) groups is 1. The van der Waals surface area contributed by atoms with Gasteiger partial charge in [-0.05, 0) is 33.1 Å². The fourth-order valence-electron chi connectivity index (χ4n) is 1.40. The molecule has 0 saturated carbocycles. The molecule has 0 aromatic heterocycles. The van der Waals surface area contributed by atoms with Gasteiger partial charge in [-0.1, -0.05) is 36.7 Å². The van der Waals surface area contributed by atoms with Crippen molar-refractivity contribution in [3.8, 4) is 0 Å². The van der Waals surface area contributed by atoms with Gasteiger partial charge in [0.05, 0.1) is 4.32 Å². The van der Waals surface area contributed by atoms with E-state index in [0.717, 1.165) is 19.3 Å². The first-order valence-electron chi connectivity index (χ1n) is 5.33. The predicted octanol–water partition coefficient (Wildman–Crippen LogP) is 3.24. The first-order chi connectivity index (χ1) is 6.31. The van der Waals surface area contributed by atoms with Crippen molar-refractivity contribution in [1.29, 1.82) is 0 Å². The van der Waals surface area contributed by atoms with Gasteiger partial charge < -0.3 is 5.32 Å². The van der Waals surface area contributed by atoms with Gasteiger partial charge in [0.2, 0.25) is 5.91 Å². The number of alkyl halides is 1. The highest BCUT2D eigenvalue weighted by molar-refractivity contribution is 9.10. The summed E-state index contributed by atoms with van der Waals surface area (Å²) in [5.41, 5.74) is -0.0257. The maximum Gasteiger partial charge on any atom is 0.236 e. The maximum atomic E-state index is 11.8. The minimum absolute atomic E-state index is 0.0257. The zero-order valence-electron chi connectivity index (χ0n) is 9.91. The van der Waals surface area contributed by atoms with E-state index in [4.69, 9.17) is 0 Å². The number of amides is 1. The van der Waals surface area contributed by atoms with E-state index >= 15 is 0 Å². The van der Waals surface area contributed by atoms with Crippen molar-refractivity contribution in [1.82, 2.24) is 5.32 Å². The highest BCUT2D eigenvalue weighted by Crippen LogP contribution is 2.23. The third-order valence-electron chi connectivity index (χ3n) is 2.95. The highest BCUT2D eigenvalue weighted by atomic mass is 79.9. The van der Waals surface area contributed by atoms with Crippen molar-refractivity contribution in [3.05, 3.63) is 0 Å². The molecule has 0 aromatic carbocycles. The summed E-state index contributed by atoms with van der Waals surface area (Å²) in [5.74, 6) is 0.0723. The van der Waals surface area contributed by atoms with E-state index in [0.29, 0.717) is 0 Å². The number of carbonyl (C=O) groups excluding carboxylic acids is 1. The highest BCUT2D eigenvalue weighted by Gasteiger charge is 2.31. The van der Waals surface area contributed by atoms with Gasteiger partial charge in [-0.25, -0.2) is 0 Å². The number of hydrogen-bond donors (Lipinski definition) is 1. The Morgan fingerprint density at radius 3 is 1.71 bits per heavy atom. The molecule has 0 radical (unpaired) electrons. The molecule has 84 valence electrons. The monoisotopic (exact) mass is 263 g/mol. The van der Waals surface area contributed by atoms with Crippen molar-refractivity contribution in [2.75, 3.05) is 0 Å². The Balaban J connectivity index is 4.54. The van der Waals surface area contributed by atoms with Crippen molar-refractivity contribution >= 4 is 21.8 Å². The lowest BCUT2D eigenvalue weighted by Gasteiger charge is -2.34.